The van der Waals surface area contributed by atoms with Gasteiger partial charge in [-0.3, -0.25) is 4.79 Å². The molecule has 0 amide bonds. The molecule has 0 fully saturated rings. The highest BCUT2D eigenvalue weighted by molar-refractivity contribution is 5.65. The van der Waals surface area contributed by atoms with Gasteiger partial charge in [-0.25, -0.2) is 0 Å². The van der Waals surface area contributed by atoms with Crippen LogP contribution in [-0.2, 0) is 9.53 Å². The fourth-order valence-corrected chi connectivity index (χ4v) is 1.88. The Morgan fingerprint density at radius 1 is 0.850 bits per heavy atom. The van der Waals surface area contributed by atoms with Gasteiger partial charge in [0.05, 0.1) is 6.61 Å². The summed E-state index contributed by atoms with van der Waals surface area (Å²) in [6, 6.07) is 0. The zero-order chi connectivity index (χ0) is 14.9. The molecule has 0 atom stereocenters. The summed E-state index contributed by atoms with van der Waals surface area (Å²) < 4.78 is 4.89. The highest BCUT2D eigenvalue weighted by Gasteiger charge is 1.94. The fraction of sp³-hybridized carbons (Fsp3) is 0.611. The van der Waals surface area contributed by atoms with E-state index in [0.717, 1.165) is 6.42 Å². The second-order valence-electron chi connectivity index (χ2n) is 4.94. The van der Waals surface area contributed by atoms with Crippen molar-refractivity contribution in [3.8, 4) is 0 Å². The number of hydrogen-bond donors (Lipinski definition) is 0. The predicted octanol–water partition coefficient (Wildman–Crippen LogP) is 5.36. The lowest BCUT2D eigenvalue weighted by molar-refractivity contribution is -0.141. The Morgan fingerprint density at radius 3 is 2.10 bits per heavy atom. The minimum Gasteiger partial charge on any atom is -0.466 e. The van der Waals surface area contributed by atoms with Gasteiger partial charge in [0, 0.05) is 6.92 Å². The van der Waals surface area contributed by atoms with Gasteiger partial charge in [0.2, 0.25) is 0 Å². The van der Waals surface area contributed by atoms with Gasteiger partial charge in [0.1, 0.15) is 0 Å². The number of rotatable bonds is 12. The van der Waals surface area contributed by atoms with Crippen molar-refractivity contribution < 1.29 is 9.53 Å². The molecule has 2 heteroatoms. The number of hydrogen-bond acceptors (Lipinski definition) is 2. The largest absolute Gasteiger partial charge is 0.466 e. The Balaban J connectivity index is 3.15. The van der Waals surface area contributed by atoms with Crippen molar-refractivity contribution in [1.82, 2.24) is 0 Å². The van der Waals surface area contributed by atoms with Gasteiger partial charge in [-0.2, -0.15) is 0 Å². The molecule has 0 heterocycles. The van der Waals surface area contributed by atoms with Crippen molar-refractivity contribution in [3.05, 3.63) is 36.5 Å². The summed E-state index contributed by atoms with van der Waals surface area (Å²) in [6.45, 7) is 4.07. The summed E-state index contributed by atoms with van der Waals surface area (Å²) in [5.41, 5.74) is 0. The van der Waals surface area contributed by atoms with Crippen LogP contribution in [0, 0.1) is 0 Å². The van der Waals surface area contributed by atoms with Crippen molar-refractivity contribution in [2.45, 2.75) is 65.2 Å². The van der Waals surface area contributed by atoms with E-state index in [0.29, 0.717) is 6.61 Å². The number of esters is 1. The van der Waals surface area contributed by atoms with Gasteiger partial charge in [-0.05, 0) is 26.2 Å². The monoisotopic (exact) mass is 278 g/mol. The third-order valence-corrected chi connectivity index (χ3v) is 2.98. The Bertz CT molecular complexity index is 301. The molecule has 20 heavy (non-hydrogen) atoms. The number of allylic oxidation sites excluding steroid dienone is 6. The lowest BCUT2D eigenvalue weighted by Crippen LogP contribution is -1.99. The van der Waals surface area contributed by atoms with Crippen LogP contribution in [-0.4, -0.2) is 12.6 Å². The van der Waals surface area contributed by atoms with Crippen LogP contribution in [0.5, 0.6) is 0 Å². The number of ether oxygens (including phenoxy) is 1. The first-order valence-electron chi connectivity index (χ1n) is 7.85. The number of carbonyl (C=O) groups is 1. The van der Waals surface area contributed by atoms with Gasteiger partial charge in [0.25, 0.3) is 0 Å². The van der Waals surface area contributed by atoms with E-state index in [4.69, 9.17) is 4.74 Å². The smallest absolute Gasteiger partial charge is 0.302 e. The minimum absolute atomic E-state index is 0.168. The molecule has 0 aromatic carbocycles. The second kappa shape index (κ2) is 15.7. The van der Waals surface area contributed by atoms with Gasteiger partial charge in [-0.15, -0.1) is 0 Å². The highest BCUT2D eigenvalue weighted by Crippen LogP contribution is 2.09. The zero-order valence-electron chi connectivity index (χ0n) is 13.1. The molecule has 0 saturated heterocycles. The van der Waals surface area contributed by atoms with E-state index < -0.39 is 0 Å². The van der Waals surface area contributed by atoms with E-state index in [9.17, 15) is 4.79 Å². The fourth-order valence-electron chi connectivity index (χ4n) is 1.88. The molecule has 0 bridgehead atoms. The van der Waals surface area contributed by atoms with E-state index in [1.165, 1.54) is 51.9 Å². The molecule has 0 spiro atoms. The van der Waals surface area contributed by atoms with Gasteiger partial charge in [-0.1, -0.05) is 68.6 Å². The molecule has 114 valence electrons. The van der Waals surface area contributed by atoms with Crippen molar-refractivity contribution in [3.63, 3.8) is 0 Å². The van der Waals surface area contributed by atoms with E-state index in [1.54, 1.807) is 0 Å². The van der Waals surface area contributed by atoms with Crippen molar-refractivity contribution >= 4 is 5.97 Å². The Hall–Kier alpha value is -1.31. The molecular formula is C18H30O2. The Labute approximate surface area is 124 Å². The van der Waals surface area contributed by atoms with Crippen LogP contribution < -0.4 is 0 Å². The maximum atomic E-state index is 10.5. The predicted molar refractivity (Wildman–Crippen MR) is 86.7 cm³/mol. The van der Waals surface area contributed by atoms with Crippen molar-refractivity contribution in [1.29, 1.82) is 0 Å². The van der Waals surface area contributed by atoms with Crippen LogP contribution in [0.3, 0.4) is 0 Å². The molecule has 0 rings (SSSR count). The van der Waals surface area contributed by atoms with Gasteiger partial charge in [0.15, 0.2) is 0 Å². The molecule has 0 aliphatic heterocycles. The Kier molecular flexibility index (Phi) is 14.7. The second-order valence-corrected chi connectivity index (χ2v) is 4.94. The third kappa shape index (κ3) is 16.7. The molecule has 0 N–H and O–H groups in total. The number of carbonyl (C=O) groups excluding carboxylic acids is 1. The van der Waals surface area contributed by atoms with Crippen LogP contribution >= 0.6 is 0 Å². The van der Waals surface area contributed by atoms with Crippen LogP contribution in [0.4, 0.5) is 0 Å². The van der Waals surface area contributed by atoms with E-state index >= 15 is 0 Å². The lowest BCUT2D eigenvalue weighted by atomic mass is 10.1. The summed E-state index contributed by atoms with van der Waals surface area (Å²) in [4.78, 5) is 10.5. The average molecular weight is 278 g/mol. The third-order valence-electron chi connectivity index (χ3n) is 2.98. The zero-order valence-corrected chi connectivity index (χ0v) is 13.1. The van der Waals surface area contributed by atoms with Crippen LogP contribution in [0.15, 0.2) is 36.5 Å². The molecule has 0 aliphatic rings. The van der Waals surface area contributed by atoms with E-state index in [-0.39, 0.29) is 5.97 Å². The summed E-state index contributed by atoms with van der Waals surface area (Å²) in [5, 5.41) is 0. The molecule has 2 nitrogen and oxygen atoms in total. The maximum absolute atomic E-state index is 10.5. The topological polar surface area (TPSA) is 26.3 Å². The maximum Gasteiger partial charge on any atom is 0.302 e. The lowest BCUT2D eigenvalue weighted by Gasteiger charge is -2.02. The minimum atomic E-state index is -0.168. The quantitative estimate of drug-likeness (QED) is 0.273. The summed E-state index contributed by atoms with van der Waals surface area (Å²) in [7, 11) is 0. The molecule has 0 unspecified atom stereocenters. The normalized spacial score (nSPS) is 11.9. The van der Waals surface area contributed by atoms with Crippen LogP contribution in [0.1, 0.15) is 65.2 Å². The van der Waals surface area contributed by atoms with Crippen molar-refractivity contribution in [2.75, 3.05) is 6.61 Å². The molecule has 0 aromatic rings. The summed E-state index contributed by atoms with van der Waals surface area (Å²) in [6.07, 6.45) is 22.3. The SMILES string of the molecule is C/C=C/C=C/C=C\CCCCCCCCCOC(C)=O. The van der Waals surface area contributed by atoms with Crippen molar-refractivity contribution in [2.24, 2.45) is 0 Å². The van der Waals surface area contributed by atoms with Gasteiger partial charge < -0.3 is 4.74 Å². The first-order valence-corrected chi connectivity index (χ1v) is 7.85. The molecular weight excluding hydrogens is 248 g/mol. The van der Waals surface area contributed by atoms with E-state index in [2.05, 4.69) is 18.2 Å². The highest BCUT2D eigenvalue weighted by atomic mass is 16.5. The first-order chi connectivity index (χ1) is 9.77. The van der Waals surface area contributed by atoms with Crippen LogP contribution in [0.2, 0.25) is 0 Å². The molecule has 0 saturated carbocycles. The molecule has 0 radical (unpaired) electrons. The average Bonchev–Trinajstić information content (AvgIpc) is 2.43. The summed E-state index contributed by atoms with van der Waals surface area (Å²) in [5.74, 6) is -0.168. The molecule has 0 aromatic heterocycles. The number of unbranched alkanes of at least 4 members (excludes halogenated alkanes) is 7. The Morgan fingerprint density at radius 2 is 1.45 bits per heavy atom. The van der Waals surface area contributed by atoms with Crippen LogP contribution in [0.25, 0.3) is 0 Å². The first kappa shape index (κ1) is 18.7. The van der Waals surface area contributed by atoms with Gasteiger partial charge >= 0.3 is 5.97 Å². The summed E-state index contributed by atoms with van der Waals surface area (Å²) >= 11 is 0. The standard InChI is InChI=1S/C18H30O2/c1-3-4-5-6-7-8-9-10-11-12-13-14-15-16-17-20-18(2)19/h3-8H,9-17H2,1-2H3/b4-3+,6-5+,8-7-. The molecule has 0 aliphatic carbocycles. The van der Waals surface area contributed by atoms with E-state index in [1.807, 2.05) is 25.2 Å².